The van der Waals surface area contributed by atoms with Crippen LogP contribution < -0.4 is 5.56 Å². The average molecular weight is 243 g/mol. The summed E-state index contributed by atoms with van der Waals surface area (Å²) in [4.78, 5) is 23.8. The summed E-state index contributed by atoms with van der Waals surface area (Å²) in [6.45, 7) is 1.95. The molecule has 1 heterocycles. The molecular formula is C14H13NO3. The van der Waals surface area contributed by atoms with Crippen LogP contribution in [-0.4, -0.2) is 17.1 Å². The molecule has 0 aliphatic rings. The Kier molecular flexibility index (Phi) is 3.57. The SMILES string of the molecule is CCOC(=O)c1cccn(-c2ccccc2)c1=O. The van der Waals surface area contributed by atoms with Crippen molar-refractivity contribution < 1.29 is 9.53 Å². The van der Waals surface area contributed by atoms with E-state index in [0.717, 1.165) is 0 Å². The molecule has 0 N–H and O–H groups in total. The van der Waals surface area contributed by atoms with Crippen LogP contribution in [0.15, 0.2) is 53.5 Å². The third kappa shape index (κ3) is 2.32. The maximum Gasteiger partial charge on any atom is 0.343 e. The van der Waals surface area contributed by atoms with Gasteiger partial charge in [0.25, 0.3) is 5.56 Å². The topological polar surface area (TPSA) is 48.3 Å². The fourth-order valence-electron chi connectivity index (χ4n) is 1.65. The van der Waals surface area contributed by atoms with Crippen molar-refractivity contribution in [3.05, 3.63) is 64.6 Å². The molecule has 2 aromatic rings. The van der Waals surface area contributed by atoms with E-state index in [0.29, 0.717) is 5.69 Å². The lowest BCUT2D eigenvalue weighted by molar-refractivity contribution is 0.0524. The van der Waals surface area contributed by atoms with Gasteiger partial charge < -0.3 is 4.74 Å². The minimum Gasteiger partial charge on any atom is -0.462 e. The Morgan fingerprint density at radius 1 is 1.17 bits per heavy atom. The maximum atomic E-state index is 12.1. The van der Waals surface area contributed by atoms with E-state index >= 15 is 0 Å². The number of hydrogen-bond donors (Lipinski definition) is 0. The van der Waals surface area contributed by atoms with Crippen LogP contribution in [0.25, 0.3) is 5.69 Å². The van der Waals surface area contributed by atoms with E-state index in [2.05, 4.69) is 0 Å². The molecule has 0 radical (unpaired) electrons. The fourth-order valence-corrected chi connectivity index (χ4v) is 1.65. The number of carbonyl (C=O) groups excluding carboxylic acids is 1. The Hall–Kier alpha value is -2.36. The standard InChI is InChI=1S/C14H13NO3/c1-2-18-14(17)12-9-6-10-15(13(12)16)11-7-4-3-5-8-11/h3-10H,2H2,1H3. The molecule has 0 saturated carbocycles. The number of hydrogen-bond acceptors (Lipinski definition) is 3. The van der Waals surface area contributed by atoms with E-state index in [1.807, 2.05) is 18.2 Å². The molecule has 0 aliphatic heterocycles. The highest BCUT2D eigenvalue weighted by molar-refractivity contribution is 5.88. The van der Waals surface area contributed by atoms with E-state index < -0.39 is 5.97 Å². The molecule has 0 spiro atoms. The maximum absolute atomic E-state index is 12.1. The van der Waals surface area contributed by atoms with Gasteiger partial charge in [0.15, 0.2) is 0 Å². The molecule has 1 aromatic carbocycles. The Balaban J connectivity index is 2.49. The number of esters is 1. The van der Waals surface area contributed by atoms with E-state index in [9.17, 15) is 9.59 Å². The van der Waals surface area contributed by atoms with Crippen molar-refractivity contribution in [3.8, 4) is 5.69 Å². The molecule has 0 aliphatic carbocycles. The highest BCUT2D eigenvalue weighted by Gasteiger charge is 2.13. The van der Waals surface area contributed by atoms with E-state index in [-0.39, 0.29) is 17.7 Å². The van der Waals surface area contributed by atoms with Gasteiger partial charge in [0.2, 0.25) is 0 Å². The fraction of sp³-hybridized carbons (Fsp3) is 0.143. The van der Waals surface area contributed by atoms with Crippen molar-refractivity contribution in [2.45, 2.75) is 6.92 Å². The van der Waals surface area contributed by atoms with Crippen LogP contribution in [-0.2, 0) is 4.74 Å². The van der Waals surface area contributed by atoms with Crippen LogP contribution in [0.4, 0.5) is 0 Å². The molecule has 0 atom stereocenters. The smallest absolute Gasteiger partial charge is 0.343 e. The van der Waals surface area contributed by atoms with Crippen molar-refractivity contribution in [3.63, 3.8) is 0 Å². The Morgan fingerprint density at radius 2 is 1.89 bits per heavy atom. The monoisotopic (exact) mass is 243 g/mol. The van der Waals surface area contributed by atoms with Gasteiger partial charge in [-0.1, -0.05) is 18.2 Å². The van der Waals surface area contributed by atoms with Crippen molar-refractivity contribution in [1.29, 1.82) is 0 Å². The van der Waals surface area contributed by atoms with Gasteiger partial charge in [-0.15, -0.1) is 0 Å². The summed E-state index contributed by atoms with van der Waals surface area (Å²) in [7, 11) is 0. The minimum absolute atomic E-state index is 0.0446. The first-order valence-corrected chi connectivity index (χ1v) is 5.68. The number of ether oxygens (including phenoxy) is 1. The van der Waals surface area contributed by atoms with Crippen molar-refractivity contribution >= 4 is 5.97 Å². The van der Waals surface area contributed by atoms with Crippen LogP contribution in [0.2, 0.25) is 0 Å². The van der Waals surface area contributed by atoms with Crippen LogP contribution in [0, 0.1) is 0 Å². The third-order valence-electron chi connectivity index (χ3n) is 2.48. The first-order chi connectivity index (χ1) is 8.74. The Bertz CT molecular complexity index is 602. The highest BCUT2D eigenvalue weighted by atomic mass is 16.5. The van der Waals surface area contributed by atoms with Crippen molar-refractivity contribution in [2.24, 2.45) is 0 Å². The quantitative estimate of drug-likeness (QED) is 0.775. The molecule has 18 heavy (non-hydrogen) atoms. The number of carbonyl (C=O) groups is 1. The molecule has 92 valence electrons. The summed E-state index contributed by atoms with van der Waals surface area (Å²) in [5.74, 6) is -0.590. The second-order valence-corrected chi connectivity index (χ2v) is 3.65. The normalized spacial score (nSPS) is 10.1. The average Bonchev–Trinajstić information content (AvgIpc) is 2.40. The summed E-state index contributed by atoms with van der Waals surface area (Å²) in [5, 5.41) is 0. The van der Waals surface area contributed by atoms with Gasteiger partial charge in [0.05, 0.1) is 6.61 Å². The lowest BCUT2D eigenvalue weighted by atomic mass is 10.2. The van der Waals surface area contributed by atoms with Gasteiger partial charge in [-0.3, -0.25) is 9.36 Å². The highest BCUT2D eigenvalue weighted by Crippen LogP contribution is 2.05. The predicted octanol–water partition coefficient (Wildman–Crippen LogP) is 2.01. The molecule has 2 rings (SSSR count). The lowest BCUT2D eigenvalue weighted by Gasteiger charge is -2.07. The molecule has 4 heteroatoms. The van der Waals surface area contributed by atoms with Gasteiger partial charge >= 0.3 is 5.97 Å². The van der Waals surface area contributed by atoms with E-state index in [1.54, 1.807) is 31.3 Å². The van der Waals surface area contributed by atoms with Crippen molar-refractivity contribution in [1.82, 2.24) is 4.57 Å². The lowest BCUT2D eigenvalue weighted by Crippen LogP contribution is -2.25. The van der Waals surface area contributed by atoms with Gasteiger partial charge in [-0.2, -0.15) is 0 Å². The third-order valence-corrected chi connectivity index (χ3v) is 2.48. The summed E-state index contributed by atoms with van der Waals surface area (Å²) in [6, 6.07) is 12.3. The number of nitrogens with zero attached hydrogens (tertiary/aromatic N) is 1. The first-order valence-electron chi connectivity index (χ1n) is 5.68. The van der Waals surface area contributed by atoms with Crippen LogP contribution >= 0.6 is 0 Å². The molecule has 0 saturated heterocycles. The number of pyridine rings is 1. The van der Waals surface area contributed by atoms with Crippen LogP contribution in [0.1, 0.15) is 17.3 Å². The van der Waals surface area contributed by atoms with Gasteiger partial charge in [-0.05, 0) is 31.2 Å². The largest absolute Gasteiger partial charge is 0.462 e. The van der Waals surface area contributed by atoms with Gasteiger partial charge in [0.1, 0.15) is 5.56 Å². The summed E-state index contributed by atoms with van der Waals surface area (Å²) < 4.78 is 6.27. The Morgan fingerprint density at radius 3 is 2.56 bits per heavy atom. The number of aromatic nitrogens is 1. The number of para-hydroxylation sites is 1. The van der Waals surface area contributed by atoms with Crippen LogP contribution in [0.5, 0.6) is 0 Å². The van der Waals surface area contributed by atoms with E-state index in [4.69, 9.17) is 4.74 Å². The molecule has 0 amide bonds. The summed E-state index contributed by atoms with van der Waals surface area (Å²) in [5.41, 5.74) is 0.388. The van der Waals surface area contributed by atoms with Crippen LogP contribution in [0.3, 0.4) is 0 Å². The molecule has 0 bridgehead atoms. The van der Waals surface area contributed by atoms with Crippen molar-refractivity contribution in [2.75, 3.05) is 6.61 Å². The second kappa shape index (κ2) is 5.31. The second-order valence-electron chi connectivity index (χ2n) is 3.65. The zero-order chi connectivity index (χ0) is 13.0. The zero-order valence-corrected chi connectivity index (χ0v) is 10.00. The Labute approximate surface area is 104 Å². The molecule has 0 fully saturated rings. The summed E-state index contributed by atoms with van der Waals surface area (Å²) in [6.07, 6.45) is 1.63. The minimum atomic E-state index is -0.590. The first kappa shape index (κ1) is 12.1. The molecule has 4 nitrogen and oxygen atoms in total. The molecule has 1 aromatic heterocycles. The predicted molar refractivity (Wildman–Crippen MR) is 68.0 cm³/mol. The number of rotatable bonds is 3. The number of benzene rings is 1. The zero-order valence-electron chi connectivity index (χ0n) is 10.00. The van der Waals surface area contributed by atoms with E-state index in [1.165, 1.54) is 10.6 Å². The van der Waals surface area contributed by atoms with Gasteiger partial charge in [0, 0.05) is 11.9 Å². The molecule has 0 unspecified atom stereocenters. The molecular weight excluding hydrogens is 230 g/mol. The summed E-state index contributed by atoms with van der Waals surface area (Å²) >= 11 is 0. The van der Waals surface area contributed by atoms with Gasteiger partial charge in [-0.25, -0.2) is 4.79 Å².